The molecule has 2 aromatic rings. The Bertz CT molecular complexity index is 735. The predicted octanol–water partition coefficient (Wildman–Crippen LogP) is 5.83. The minimum absolute atomic E-state index is 0.792. The molecule has 0 unspecified atom stereocenters. The number of benzene rings is 2. The molecule has 0 aliphatic heterocycles. The maximum atomic E-state index is 6.07. The standard InChI is InChI=1S/C19H17Cl/c1-4-14-11-19-17(13(14)3)6-5-7-18(19)16-9-8-15(20)10-12(16)2/h4-10H,1,11H2,2-3H3. The summed E-state index contributed by atoms with van der Waals surface area (Å²) in [5.41, 5.74) is 9.24. The molecule has 1 aliphatic rings. The van der Waals surface area contributed by atoms with Gasteiger partial charge in [-0.25, -0.2) is 0 Å². The van der Waals surface area contributed by atoms with Crippen LogP contribution in [0.15, 0.2) is 54.6 Å². The van der Waals surface area contributed by atoms with Gasteiger partial charge in [0, 0.05) is 5.02 Å². The van der Waals surface area contributed by atoms with Crippen LogP contribution in [-0.2, 0) is 6.42 Å². The van der Waals surface area contributed by atoms with Crippen molar-refractivity contribution in [3.05, 3.63) is 76.3 Å². The summed E-state index contributed by atoms with van der Waals surface area (Å²) in [6.45, 7) is 8.23. The Hall–Kier alpha value is -1.79. The van der Waals surface area contributed by atoms with Crippen molar-refractivity contribution in [3.63, 3.8) is 0 Å². The number of rotatable bonds is 2. The second kappa shape index (κ2) is 4.96. The van der Waals surface area contributed by atoms with Gasteiger partial charge in [-0.05, 0) is 71.4 Å². The van der Waals surface area contributed by atoms with Gasteiger partial charge in [-0.15, -0.1) is 0 Å². The van der Waals surface area contributed by atoms with Crippen LogP contribution in [0.4, 0.5) is 0 Å². The first-order valence-corrected chi connectivity index (χ1v) is 7.20. The molecule has 3 rings (SSSR count). The first-order valence-electron chi connectivity index (χ1n) is 6.83. The highest BCUT2D eigenvalue weighted by molar-refractivity contribution is 6.30. The van der Waals surface area contributed by atoms with Crippen LogP contribution in [0.3, 0.4) is 0 Å². The summed E-state index contributed by atoms with van der Waals surface area (Å²) in [5, 5.41) is 0.792. The number of hydrogen-bond donors (Lipinski definition) is 0. The Morgan fingerprint density at radius 3 is 2.50 bits per heavy atom. The molecular formula is C19H17Cl. The molecule has 0 bridgehead atoms. The Morgan fingerprint density at radius 2 is 1.80 bits per heavy atom. The Labute approximate surface area is 125 Å². The molecule has 1 aliphatic carbocycles. The van der Waals surface area contributed by atoms with Crippen LogP contribution in [0.25, 0.3) is 16.7 Å². The lowest BCUT2D eigenvalue weighted by Gasteiger charge is -2.12. The summed E-state index contributed by atoms with van der Waals surface area (Å²) < 4.78 is 0. The third kappa shape index (κ3) is 2.01. The summed E-state index contributed by atoms with van der Waals surface area (Å²) >= 11 is 6.07. The fourth-order valence-corrected chi connectivity index (χ4v) is 3.26. The quantitative estimate of drug-likeness (QED) is 0.649. The Morgan fingerprint density at radius 1 is 1.05 bits per heavy atom. The zero-order valence-electron chi connectivity index (χ0n) is 11.8. The minimum atomic E-state index is 0.792. The van der Waals surface area contributed by atoms with E-state index in [9.17, 15) is 0 Å². The van der Waals surface area contributed by atoms with Gasteiger partial charge in [-0.1, -0.05) is 48.5 Å². The molecule has 0 heterocycles. The van der Waals surface area contributed by atoms with Crippen molar-refractivity contribution < 1.29 is 0 Å². The van der Waals surface area contributed by atoms with Crippen LogP contribution in [-0.4, -0.2) is 0 Å². The van der Waals surface area contributed by atoms with E-state index in [0.29, 0.717) is 0 Å². The lowest BCUT2D eigenvalue weighted by Crippen LogP contribution is -1.92. The van der Waals surface area contributed by atoms with Gasteiger partial charge in [-0.3, -0.25) is 0 Å². The Kier molecular flexibility index (Phi) is 3.27. The van der Waals surface area contributed by atoms with Crippen molar-refractivity contribution in [2.45, 2.75) is 20.3 Å². The summed E-state index contributed by atoms with van der Waals surface area (Å²) in [6, 6.07) is 12.7. The van der Waals surface area contributed by atoms with E-state index in [0.717, 1.165) is 11.4 Å². The van der Waals surface area contributed by atoms with E-state index in [-0.39, 0.29) is 0 Å². The number of aryl methyl sites for hydroxylation is 1. The molecule has 0 amide bonds. The van der Waals surface area contributed by atoms with Crippen molar-refractivity contribution in [3.8, 4) is 11.1 Å². The summed E-state index contributed by atoms with van der Waals surface area (Å²) in [4.78, 5) is 0. The van der Waals surface area contributed by atoms with Crippen molar-refractivity contribution in [1.82, 2.24) is 0 Å². The van der Waals surface area contributed by atoms with Gasteiger partial charge in [0.1, 0.15) is 0 Å². The van der Waals surface area contributed by atoms with E-state index in [2.05, 4.69) is 44.7 Å². The molecule has 0 saturated carbocycles. The maximum Gasteiger partial charge on any atom is 0.0409 e. The third-order valence-corrected chi connectivity index (χ3v) is 4.39. The van der Waals surface area contributed by atoms with Crippen molar-refractivity contribution >= 4 is 17.2 Å². The zero-order chi connectivity index (χ0) is 14.3. The average molecular weight is 281 g/mol. The van der Waals surface area contributed by atoms with Crippen LogP contribution in [0.2, 0.25) is 5.02 Å². The van der Waals surface area contributed by atoms with E-state index in [1.54, 1.807) is 0 Å². The first-order chi connectivity index (χ1) is 9.61. The largest absolute Gasteiger partial charge is 0.0988 e. The van der Waals surface area contributed by atoms with Gasteiger partial charge in [0.2, 0.25) is 0 Å². The van der Waals surface area contributed by atoms with E-state index in [1.807, 2.05) is 18.2 Å². The second-order valence-electron chi connectivity index (χ2n) is 5.32. The van der Waals surface area contributed by atoms with Crippen molar-refractivity contribution in [2.24, 2.45) is 0 Å². The van der Waals surface area contributed by atoms with E-state index in [1.165, 1.54) is 39.0 Å². The second-order valence-corrected chi connectivity index (χ2v) is 5.76. The van der Waals surface area contributed by atoms with E-state index >= 15 is 0 Å². The fraction of sp³-hybridized carbons (Fsp3) is 0.158. The van der Waals surface area contributed by atoms with Gasteiger partial charge in [0.15, 0.2) is 0 Å². The fourth-order valence-electron chi connectivity index (χ4n) is 3.03. The first kappa shape index (κ1) is 13.2. The zero-order valence-corrected chi connectivity index (χ0v) is 12.6. The van der Waals surface area contributed by atoms with Crippen molar-refractivity contribution in [1.29, 1.82) is 0 Å². The molecule has 100 valence electrons. The van der Waals surface area contributed by atoms with Crippen LogP contribution in [0, 0.1) is 6.92 Å². The Balaban J connectivity index is 2.19. The molecule has 2 aromatic carbocycles. The third-order valence-electron chi connectivity index (χ3n) is 4.15. The average Bonchev–Trinajstić information content (AvgIpc) is 2.76. The van der Waals surface area contributed by atoms with Crippen LogP contribution in [0.1, 0.15) is 23.6 Å². The van der Waals surface area contributed by atoms with Gasteiger partial charge < -0.3 is 0 Å². The predicted molar refractivity (Wildman–Crippen MR) is 88.1 cm³/mol. The highest BCUT2D eigenvalue weighted by Crippen LogP contribution is 2.39. The number of allylic oxidation sites excluding steroid dienone is 3. The topological polar surface area (TPSA) is 0 Å². The highest BCUT2D eigenvalue weighted by atomic mass is 35.5. The normalized spacial score (nSPS) is 13.6. The van der Waals surface area contributed by atoms with Gasteiger partial charge in [0.25, 0.3) is 0 Å². The molecule has 0 nitrogen and oxygen atoms in total. The molecule has 0 fully saturated rings. The number of hydrogen-bond acceptors (Lipinski definition) is 0. The monoisotopic (exact) mass is 280 g/mol. The van der Waals surface area contributed by atoms with Crippen molar-refractivity contribution in [2.75, 3.05) is 0 Å². The minimum Gasteiger partial charge on any atom is -0.0988 e. The van der Waals surface area contributed by atoms with Gasteiger partial charge >= 0.3 is 0 Å². The SMILES string of the molecule is C=CC1=C(C)c2cccc(-c3ccc(Cl)cc3C)c2C1. The number of fused-ring (bicyclic) bond motifs is 1. The summed E-state index contributed by atoms with van der Waals surface area (Å²) in [6.07, 6.45) is 2.96. The maximum absolute atomic E-state index is 6.07. The summed E-state index contributed by atoms with van der Waals surface area (Å²) in [5.74, 6) is 0. The lowest BCUT2D eigenvalue weighted by atomic mass is 9.92. The molecule has 0 N–H and O–H groups in total. The van der Waals surface area contributed by atoms with E-state index < -0.39 is 0 Å². The lowest BCUT2D eigenvalue weighted by molar-refractivity contribution is 1.24. The molecule has 0 aromatic heterocycles. The summed E-state index contributed by atoms with van der Waals surface area (Å²) in [7, 11) is 0. The molecule has 20 heavy (non-hydrogen) atoms. The molecule has 0 atom stereocenters. The molecule has 1 heteroatoms. The molecular weight excluding hydrogens is 264 g/mol. The molecule has 0 saturated heterocycles. The van der Waals surface area contributed by atoms with Crippen LogP contribution in [0.5, 0.6) is 0 Å². The van der Waals surface area contributed by atoms with Crippen LogP contribution >= 0.6 is 11.6 Å². The number of halogens is 1. The molecule has 0 radical (unpaired) electrons. The van der Waals surface area contributed by atoms with E-state index in [4.69, 9.17) is 11.6 Å². The van der Waals surface area contributed by atoms with Gasteiger partial charge in [-0.2, -0.15) is 0 Å². The van der Waals surface area contributed by atoms with Crippen LogP contribution < -0.4 is 0 Å². The smallest absolute Gasteiger partial charge is 0.0409 e. The van der Waals surface area contributed by atoms with Gasteiger partial charge in [0.05, 0.1) is 0 Å². The highest BCUT2D eigenvalue weighted by Gasteiger charge is 2.20. The molecule has 0 spiro atoms.